The first-order chi connectivity index (χ1) is 14.9. The maximum absolute atomic E-state index is 12.8. The Labute approximate surface area is 186 Å². The number of hydrogen-bond acceptors (Lipinski definition) is 5. The van der Waals surface area contributed by atoms with E-state index in [-0.39, 0.29) is 11.3 Å². The fourth-order valence-electron chi connectivity index (χ4n) is 4.21. The molecule has 0 atom stereocenters. The molecule has 0 radical (unpaired) electrons. The zero-order valence-corrected chi connectivity index (χ0v) is 19.8. The minimum atomic E-state index is -0.377. The van der Waals surface area contributed by atoms with Crippen molar-refractivity contribution < 1.29 is 19.0 Å². The third-order valence-corrected chi connectivity index (χ3v) is 5.78. The van der Waals surface area contributed by atoms with Crippen LogP contribution in [0.3, 0.4) is 0 Å². The molecule has 0 spiro atoms. The molecule has 174 valence electrons. The standard InChI is InChI=1S/C23H38N4O4/c1-7-24-22(26-16-23(13-8-9-14-23)21(28)27(2)3)25-15-12-17-10-11-18(29-4)20(31-6)19(17)30-5/h10-11H,7-9,12-16H2,1-6H3,(H2,24,25,26). The molecule has 1 fully saturated rings. The quantitative estimate of drug-likeness (QED) is 0.435. The molecule has 1 aromatic carbocycles. The van der Waals surface area contributed by atoms with Crippen LogP contribution in [-0.2, 0) is 11.2 Å². The molecule has 8 nitrogen and oxygen atoms in total. The molecule has 1 saturated carbocycles. The van der Waals surface area contributed by atoms with Gasteiger partial charge in [0.05, 0.1) is 33.3 Å². The van der Waals surface area contributed by atoms with Gasteiger partial charge in [0.15, 0.2) is 17.5 Å². The van der Waals surface area contributed by atoms with Gasteiger partial charge >= 0.3 is 0 Å². The number of guanidine groups is 1. The molecule has 0 saturated heterocycles. The minimum Gasteiger partial charge on any atom is -0.493 e. The van der Waals surface area contributed by atoms with Gasteiger partial charge in [-0.3, -0.25) is 9.79 Å². The number of aliphatic imine (C=N–C) groups is 1. The lowest BCUT2D eigenvalue weighted by atomic mass is 9.85. The molecule has 1 amide bonds. The predicted molar refractivity (Wildman–Crippen MR) is 123 cm³/mol. The fourth-order valence-corrected chi connectivity index (χ4v) is 4.21. The summed E-state index contributed by atoms with van der Waals surface area (Å²) in [4.78, 5) is 19.3. The first-order valence-electron chi connectivity index (χ1n) is 10.9. The number of ether oxygens (including phenoxy) is 3. The number of amides is 1. The summed E-state index contributed by atoms with van der Waals surface area (Å²) in [7, 11) is 8.49. The van der Waals surface area contributed by atoms with E-state index in [4.69, 9.17) is 19.2 Å². The van der Waals surface area contributed by atoms with Crippen LogP contribution in [0.4, 0.5) is 0 Å². The summed E-state index contributed by atoms with van der Waals surface area (Å²) in [5.41, 5.74) is 0.636. The minimum absolute atomic E-state index is 0.180. The van der Waals surface area contributed by atoms with Gasteiger partial charge in [0.1, 0.15) is 0 Å². The van der Waals surface area contributed by atoms with E-state index in [1.807, 2.05) is 33.2 Å². The Kier molecular flexibility index (Phi) is 9.27. The van der Waals surface area contributed by atoms with Gasteiger partial charge in [-0.2, -0.15) is 0 Å². The topological polar surface area (TPSA) is 84.4 Å². The van der Waals surface area contributed by atoms with E-state index >= 15 is 0 Å². The summed E-state index contributed by atoms with van der Waals surface area (Å²) in [6, 6.07) is 3.86. The van der Waals surface area contributed by atoms with Crippen molar-refractivity contribution in [2.75, 3.05) is 55.1 Å². The highest BCUT2D eigenvalue weighted by molar-refractivity contribution is 5.84. The summed E-state index contributed by atoms with van der Waals surface area (Å²) in [5, 5.41) is 6.67. The maximum Gasteiger partial charge on any atom is 0.230 e. The van der Waals surface area contributed by atoms with E-state index in [1.165, 1.54) is 0 Å². The zero-order valence-electron chi connectivity index (χ0n) is 19.8. The van der Waals surface area contributed by atoms with E-state index in [9.17, 15) is 4.79 Å². The van der Waals surface area contributed by atoms with Gasteiger partial charge in [-0.15, -0.1) is 0 Å². The van der Waals surface area contributed by atoms with Crippen molar-refractivity contribution in [3.8, 4) is 17.2 Å². The summed E-state index contributed by atoms with van der Waals surface area (Å²) >= 11 is 0. The Balaban J connectivity index is 2.08. The second-order valence-corrected chi connectivity index (χ2v) is 8.05. The highest BCUT2D eigenvalue weighted by atomic mass is 16.5. The van der Waals surface area contributed by atoms with Crippen molar-refractivity contribution in [2.24, 2.45) is 10.4 Å². The first kappa shape index (κ1) is 24.6. The van der Waals surface area contributed by atoms with E-state index in [1.54, 1.807) is 26.2 Å². The summed E-state index contributed by atoms with van der Waals surface area (Å²) in [6.45, 7) is 3.94. The van der Waals surface area contributed by atoms with Crippen LogP contribution in [0.15, 0.2) is 17.1 Å². The van der Waals surface area contributed by atoms with Gasteiger partial charge in [0, 0.05) is 32.7 Å². The lowest BCUT2D eigenvalue weighted by Gasteiger charge is -2.29. The van der Waals surface area contributed by atoms with Crippen molar-refractivity contribution in [3.05, 3.63) is 17.7 Å². The van der Waals surface area contributed by atoms with Crippen LogP contribution in [0.5, 0.6) is 17.2 Å². The lowest BCUT2D eigenvalue weighted by molar-refractivity contribution is -0.138. The maximum atomic E-state index is 12.8. The Bertz CT molecular complexity index is 758. The Morgan fingerprint density at radius 2 is 1.74 bits per heavy atom. The highest BCUT2D eigenvalue weighted by Crippen LogP contribution is 2.40. The average molecular weight is 435 g/mol. The van der Waals surface area contributed by atoms with E-state index in [0.717, 1.165) is 50.2 Å². The number of nitrogens with one attached hydrogen (secondary N) is 2. The molecule has 0 unspecified atom stereocenters. The Morgan fingerprint density at radius 1 is 1.06 bits per heavy atom. The molecule has 0 aromatic heterocycles. The molecule has 1 aliphatic carbocycles. The normalized spacial score (nSPS) is 15.4. The van der Waals surface area contributed by atoms with Crippen molar-refractivity contribution in [3.63, 3.8) is 0 Å². The molecule has 0 heterocycles. The molecule has 0 bridgehead atoms. The van der Waals surface area contributed by atoms with Gasteiger partial charge in [-0.05, 0) is 32.3 Å². The average Bonchev–Trinajstić information content (AvgIpc) is 3.26. The molecule has 8 heteroatoms. The van der Waals surface area contributed by atoms with Crippen LogP contribution in [-0.4, -0.2) is 71.8 Å². The van der Waals surface area contributed by atoms with Crippen molar-refractivity contribution in [1.29, 1.82) is 0 Å². The number of carbonyl (C=O) groups excluding carboxylic acids is 1. The van der Waals surface area contributed by atoms with E-state index < -0.39 is 0 Å². The van der Waals surface area contributed by atoms with Crippen LogP contribution in [0, 0.1) is 5.41 Å². The first-order valence-corrected chi connectivity index (χ1v) is 10.9. The third-order valence-electron chi connectivity index (χ3n) is 5.78. The molecule has 0 aliphatic heterocycles. The number of nitrogens with zero attached hydrogens (tertiary/aromatic N) is 2. The molecule has 1 aromatic rings. The van der Waals surface area contributed by atoms with Gasteiger partial charge in [0.2, 0.25) is 11.7 Å². The summed E-state index contributed by atoms with van der Waals surface area (Å²) in [6.07, 6.45) is 4.68. The third kappa shape index (κ3) is 5.95. The second kappa shape index (κ2) is 11.7. The van der Waals surface area contributed by atoms with Gasteiger partial charge < -0.3 is 29.7 Å². The lowest BCUT2D eigenvalue weighted by Crippen LogP contribution is -2.43. The highest BCUT2D eigenvalue weighted by Gasteiger charge is 2.42. The van der Waals surface area contributed by atoms with E-state index in [0.29, 0.717) is 30.3 Å². The van der Waals surface area contributed by atoms with Crippen molar-refractivity contribution >= 4 is 11.9 Å². The number of methoxy groups -OCH3 is 3. The van der Waals surface area contributed by atoms with Crippen LogP contribution in [0.25, 0.3) is 0 Å². The monoisotopic (exact) mass is 434 g/mol. The largest absolute Gasteiger partial charge is 0.493 e. The van der Waals surface area contributed by atoms with Crippen LogP contribution in [0.2, 0.25) is 0 Å². The summed E-state index contributed by atoms with van der Waals surface area (Å²) < 4.78 is 16.4. The summed E-state index contributed by atoms with van der Waals surface area (Å²) in [5.74, 6) is 2.80. The van der Waals surface area contributed by atoms with E-state index in [2.05, 4.69) is 10.6 Å². The van der Waals surface area contributed by atoms with Gasteiger partial charge in [-0.25, -0.2) is 0 Å². The number of hydrogen-bond donors (Lipinski definition) is 2. The van der Waals surface area contributed by atoms with Crippen molar-refractivity contribution in [2.45, 2.75) is 39.0 Å². The fraction of sp³-hybridized carbons (Fsp3) is 0.652. The van der Waals surface area contributed by atoms with Gasteiger partial charge in [-0.1, -0.05) is 18.9 Å². The number of rotatable bonds is 10. The van der Waals surface area contributed by atoms with Crippen LogP contribution >= 0.6 is 0 Å². The smallest absolute Gasteiger partial charge is 0.230 e. The molecule has 1 aliphatic rings. The molecule has 2 rings (SSSR count). The van der Waals surface area contributed by atoms with Crippen LogP contribution < -0.4 is 24.8 Å². The molecular weight excluding hydrogens is 396 g/mol. The second-order valence-electron chi connectivity index (χ2n) is 8.05. The number of benzene rings is 1. The SMILES string of the molecule is CCNC(=NCC1(C(=O)N(C)C)CCCC1)NCCc1ccc(OC)c(OC)c1OC. The molecule has 31 heavy (non-hydrogen) atoms. The molecule has 2 N–H and O–H groups in total. The van der Waals surface area contributed by atoms with Crippen molar-refractivity contribution in [1.82, 2.24) is 15.5 Å². The van der Waals surface area contributed by atoms with Gasteiger partial charge in [0.25, 0.3) is 0 Å². The Morgan fingerprint density at radius 3 is 2.29 bits per heavy atom. The zero-order chi connectivity index (χ0) is 22.9. The predicted octanol–water partition coefficient (Wildman–Crippen LogP) is 2.46. The number of carbonyl (C=O) groups is 1. The Hall–Kier alpha value is -2.64. The molecular formula is C23H38N4O4. The van der Waals surface area contributed by atoms with Crippen LogP contribution in [0.1, 0.15) is 38.2 Å².